The Morgan fingerprint density at radius 3 is 2.95 bits per heavy atom. The molecule has 1 aromatic heterocycles. The van der Waals surface area contributed by atoms with E-state index in [-0.39, 0.29) is 0 Å². The first-order chi connectivity index (χ1) is 9.18. The summed E-state index contributed by atoms with van der Waals surface area (Å²) in [5.41, 5.74) is 0. The number of rotatable bonds is 2. The first kappa shape index (κ1) is 13.4. The zero-order chi connectivity index (χ0) is 13.7. The Morgan fingerprint density at radius 1 is 1.37 bits per heavy atom. The fourth-order valence-corrected chi connectivity index (χ4v) is 1.87. The second-order valence-electron chi connectivity index (χ2n) is 4.36. The van der Waals surface area contributed by atoms with Crippen LogP contribution in [0, 0.1) is 0 Å². The van der Waals surface area contributed by atoms with E-state index in [2.05, 4.69) is 31.3 Å². The van der Waals surface area contributed by atoms with Crippen molar-refractivity contribution in [2.45, 2.75) is 19.4 Å². The van der Waals surface area contributed by atoms with Crippen molar-refractivity contribution in [1.29, 1.82) is 0 Å². The van der Waals surface area contributed by atoms with Crippen LogP contribution in [0.25, 0.3) is 0 Å². The third-order valence-electron chi connectivity index (χ3n) is 2.92. The van der Waals surface area contributed by atoms with Gasteiger partial charge in [0.2, 0.25) is 0 Å². The highest BCUT2D eigenvalue weighted by atomic mass is 16.2. The first-order valence-electron chi connectivity index (χ1n) is 6.22. The molecule has 2 heterocycles. The van der Waals surface area contributed by atoms with Crippen molar-refractivity contribution < 1.29 is 9.59 Å². The van der Waals surface area contributed by atoms with Gasteiger partial charge < -0.3 is 15.5 Å². The van der Waals surface area contributed by atoms with Gasteiger partial charge >= 0.3 is 11.8 Å². The largest absolute Gasteiger partial charge is 0.338 e. The molecule has 0 radical (unpaired) electrons. The van der Waals surface area contributed by atoms with E-state index in [1.807, 2.05) is 0 Å². The molecule has 1 aromatic rings. The molecule has 1 unspecified atom stereocenters. The van der Waals surface area contributed by atoms with Crippen LogP contribution in [-0.2, 0) is 9.59 Å². The topological polar surface area (TPSA) is 116 Å². The number of H-pyrrole nitrogens is 1. The quantitative estimate of drug-likeness (QED) is 0.544. The van der Waals surface area contributed by atoms with Crippen molar-refractivity contribution in [1.82, 2.24) is 36.2 Å². The Hall–Kier alpha value is -2.03. The van der Waals surface area contributed by atoms with Crippen LogP contribution in [-0.4, -0.2) is 63.5 Å². The van der Waals surface area contributed by atoms with E-state index in [0.29, 0.717) is 25.5 Å². The minimum absolute atomic E-state index is 0.346. The van der Waals surface area contributed by atoms with Gasteiger partial charge in [-0.3, -0.25) is 9.59 Å². The lowest BCUT2D eigenvalue weighted by atomic mass is 10.3. The molecule has 104 valence electrons. The summed E-state index contributed by atoms with van der Waals surface area (Å²) in [6.45, 7) is 4.41. The molecule has 0 aromatic carbocycles. The van der Waals surface area contributed by atoms with Crippen molar-refractivity contribution in [3.8, 4) is 0 Å². The van der Waals surface area contributed by atoms with Gasteiger partial charge in [0.15, 0.2) is 5.82 Å². The number of hydrogen-bond donors (Lipinski definition) is 3. The van der Waals surface area contributed by atoms with Gasteiger partial charge in [0.1, 0.15) is 0 Å². The average molecular weight is 267 g/mol. The van der Waals surface area contributed by atoms with Gasteiger partial charge in [-0.15, -0.1) is 10.2 Å². The van der Waals surface area contributed by atoms with E-state index in [4.69, 9.17) is 0 Å². The summed E-state index contributed by atoms with van der Waals surface area (Å²) in [7, 11) is 0. The molecular weight excluding hydrogens is 250 g/mol. The number of aromatic nitrogens is 4. The maximum absolute atomic E-state index is 12.0. The van der Waals surface area contributed by atoms with Gasteiger partial charge in [-0.05, 0) is 19.9 Å². The van der Waals surface area contributed by atoms with Gasteiger partial charge in [0.25, 0.3) is 0 Å². The van der Waals surface area contributed by atoms with Gasteiger partial charge in [-0.2, -0.15) is 5.21 Å². The third-order valence-corrected chi connectivity index (χ3v) is 2.92. The second-order valence-corrected chi connectivity index (χ2v) is 4.36. The predicted octanol–water partition coefficient (Wildman–Crippen LogP) is -1.80. The average Bonchev–Trinajstić information content (AvgIpc) is 2.81. The fraction of sp³-hybridized carbons (Fsp3) is 0.700. The highest BCUT2D eigenvalue weighted by molar-refractivity contribution is 6.35. The van der Waals surface area contributed by atoms with Crippen LogP contribution in [0.3, 0.4) is 0 Å². The molecule has 1 atom stereocenters. The van der Waals surface area contributed by atoms with Crippen LogP contribution < -0.4 is 10.6 Å². The molecule has 19 heavy (non-hydrogen) atoms. The lowest BCUT2D eigenvalue weighted by Crippen LogP contribution is -2.45. The molecule has 0 bridgehead atoms. The van der Waals surface area contributed by atoms with E-state index in [9.17, 15) is 9.59 Å². The fourth-order valence-electron chi connectivity index (χ4n) is 1.87. The van der Waals surface area contributed by atoms with Crippen molar-refractivity contribution in [2.24, 2.45) is 0 Å². The molecule has 2 amide bonds. The highest BCUT2D eigenvalue weighted by Gasteiger charge is 2.24. The highest BCUT2D eigenvalue weighted by Crippen LogP contribution is 2.04. The van der Waals surface area contributed by atoms with Crippen molar-refractivity contribution in [3.05, 3.63) is 5.82 Å². The molecule has 1 aliphatic rings. The summed E-state index contributed by atoms with van der Waals surface area (Å²) < 4.78 is 0. The van der Waals surface area contributed by atoms with E-state index in [1.165, 1.54) is 0 Å². The third kappa shape index (κ3) is 3.47. The van der Waals surface area contributed by atoms with Crippen LogP contribution in [0.15, 0.2) is 0 Å². The zero-order valence-electron chi connectivity index (χ0n) is 10.7. The number of hydrogen-bond acceptors (Lipinski definition) is 6. The summed E-state index contributed by atoms with van der Waals surface area (Å²) in [5, 5.41) is 19.0. The standard InChI is InChI=1S/C10H17N7O2/c1-7(8-13-15-16-14-8)12-9(18)10(19)17-5-2-3-11-4-6-17/h7,11H,2-6H2,1H3,(H,12,18)(H,13,14,15,16). The molecule has 9 heteroatoms. The monoisotopic (exact) mass is 267 g/mol. The maximum Gasteiger partial charge on any atom is 0.311 e. The predicted molar refractivity (Wildman–Crippen MR) is 64.8 cm³/mol. The van der Waals surface area contributed by atoms with E-state index in [1.54, 1.807) is 11.8 Å². The summed E-state index contributed by atoms with van der Waals surface area (Å²) in [6, 6.07) is -0.458. The van der Waals surface area contributed by atoms with Crippen molar-refractivity contribution >= 4 is 11.8 Å². The minimum atomic E-state index is -0.640. The van der Waals surface area contributed by atoms with Gasteiger partial charge in [0.05, 0.1) is 6.04 Å². The number of nitrogens with one attached hydrogen (secondary N) is 3. The molecule has 0 saturated carbocycles. The number of carbonyl (C=O) groups excluding carboxylic acids is 2. The SMILES string of the molecule is CC(NC(=O)C(=O)N1CCCNCC1)c1nn[nH]n1. The van der Waals surface area contributed by atoms with E-state index < -0.39 is 17.9 Å². The number of aromatic amines is 1. The summed E-state index contributed by atoms with van der Waals surface area (Å²) in [4.78, 5) is 25.4. The molecule has 0 spiro atoms. The number of carbonyl (C=O) groups is 2. The minimum Gasteiger partial charge on any atom is -0.338 e. The van der Waals surface area contributed by atoms with Crippen LogP contribution >= 0.6 is 0 Å². The number of nitrogens with zero attached hydrogens (tertiary/aromatic N) is 4. The van der Waals surface area contributed by atoms with Crippen LogP contribution in [0.1, 0.15) is 25.2 Å². The Bertz CT molecular complexity index is 425. The molecule has 9 nitrogen and oxygen atoms in total. The van der Waals surface area contributed by atoms with E-state index in [0.717, 1.165) is 13.0 Å². The summed E-state index contributed by atoms with van der Waals surface area (Å²) in [5.74, 6) is -0.808. The van der Waals surface area contributed by atoms with Gasteiger partial charge in [0, 0.05) is 19.6 Å². The van der Waals surface area contributed by atoms with Crippen LogP contribution in [0.2, 0.25) is 0 Å². The Balaban J connectivity index is 1.89. The number of amides is 2. The molecular formula is C10H17N7O2. The first-order valence-corrected chi connectivity index (χ1v) is 6.22. The molecule has 2 rings (SSSR count). The summed E-state index contributed by atoms with van der Waals surface area (Å²) >= 11 is 0. The zero-order valence-corrected chi connectivity index (χ0v) is 10.7. The normalized spacial score (nSPS) is 17.6. The van der Waals surface area contributed by atoms with Gasteiger partial charge in [-0.1, -0.05) is 5.21 Å². The Labute approximate surface area is 110 Å². The van der Waals surface area contributed by atoms with Crippen LogP contribution in [0.5, 0.6) is 0 Å². The molecule has 1 fully saturated rings. The second kappa shape index (κ2) is 6.23. The number of tetrazole rings is 1. The lowest BCUT2D eigenvalue weighted by Gasteiger charge is -2.20. The molecule has 1 aliphatic heterocycles. The van der Waals surface area contributed by atoms with Crippen molar-refractivity contribution in [3.63, 3.8) is 0 Å². The smallest absolute Gasteiger partial charge is 0.311 e. The van der Waals surface area contributed by atoms with E-state index >= 15 is 0 Å². The molecule has 0 aliphatic carbocycles. The Kier molecular flexibility index (Phi) is 4.39. The van der Waals surface area contributed by atoms with Crippen molar-refractivity contribution in [2.75, 3.05) is 26.2 Å². The lowest BCUT2D eigenvalue weighted by molar-refractivity contribution is -0.146. The van der Waals surface area contributed by atoms with Gasteiger partial charge in [-0.25, -0.2) is 0 Å². The van der Waals surface area contributed by atoms with Crippen LogP contribution in [0.4, 0.5) is 0 Å². The molecule has 1 saturated heterocycles. The maximum atomic E-state index is 12.0. The molecule has 3 N–H and O–H groups in total. The Morgan fingerprint density at radius 2 is 2.21 bits per heavy atom. The summed E-state index contributed by atoms with van der Waals surface area (Å²) in [6.07, 6.45) is 0.847.